The van der Waals surface area contributed by atoms with Gasteiger partial charge in [-0.25, -0.2) is 9.37 Å². The van der Waals surface area contributed by atoms with Crippen molar-refractivity contribution < 1.29 is 4.39 Å². The molecule has 8 heteroatoms. The number of fused-ring (bicyclic) bond motifs is 1. The topological polar surface area (TPSA) is 43.8 Å². The van der Waals surface area contributed by atoms with Crippen molar-refractivity contribution in [3.63, 3.8) is 0 Å². The van der Waals surface area contributed by atoms with Gasteiger partial charge in [0.2, 0.25) is 5.95 Å². The number of hydrogen-bond acceptors (Lipinski definition) is 2. The lowest BCUT2D eigenvalue weighted by molar-refractivity contribution is 0.630. The highest BCUT2D eigenvalue weighted by molar-refractivity contribution is 9.10. The van der Waals surface area contributed by atoms with Gasteiger partial charge in [0.05, 0.1) is 31.8 Å². The lowest BCUT2D eigenvalue weighted by Crippen LogP contribution is -2.01. The molecule has 0 radical (unpaired) electrons. The number of rotatable bonds is 1. The zero-order valence-electron chi connectivity index (χ0n) is 10.2. The second-order valence-corrected chi connectivity index (χ2v) is 6.27. The molecule has 3 nitrogen and oxygen atoms in total. The highest BCUT2D eigenvalue weighted by atomic mass is 79.9. The largest absolute Gasteiger partial charge is 0.369 e. The maximum atomic E-state index is 13.5. The Morgan fingerprint density at radius 2 is 1.86 bits per heavy atom. The number of nitrogen functional groups attached to an aromatic ring is 1. The fourth-order valence-corrected chi connectivity index (χ4v) is 3.04. The van der Waals surface area contributed by atoms with Crippen LogP contribution in [0.2, 0.25) is 15.1 Å². The van der Waals surface area contributed by atoms with Gasteiger partial charge in [0.15, 0.2) is 0 Å². The van der Waals surface area contributed by atoms with E-state index in [1.165, 1.54) is 12.1 Å². The number of nitrogens with two attached hydrogens (primary N) is 1. The van der Waals surface area contributed by atoms with Gasteiger partial charge in [0.1, 0.15) is 5.82 Å². The molecule has 0 fully saturated rings. The SMILES string of the molecule is Nc1nc2cc(F)c(Cl)cc2n1-c1ccc(Br)c(Cl)c1Cl. The van der Waals surface area contributed by atoms with Crippen molar-refractivity contribution >= 4 is 67.7 Å². The van der Waals surface area contributed by atoms with Crippen LogP contribution < -0.4 is 5.73 Å². The zero-order valence-corrected chi connectivity index (χ0v) is 14.0. The van der Waals surface area contributed by atoms with Crippen LogP contribution in [0.5, 0.6) is 0 Å². The quantitative estimate of drug-likeness (QED) is 0.542. The van der Waals surface area contributed by atoms with Crippen molar-refractivity contribution in [1.82, 2.24) is 9.55 Å². The molecule has 3 aromatic rings. The molecular weight excluding hydrogens is 403 g/mol. The Balaban J connectivity index is 2.38. The van der Waals surface area contributed by atoms with Crippen LogP contribution >= 0.6 is 50.7 Å². The third kappa shape index (κ3) is 2.38. The second-order valence-electron chi connectivity index (χ2n) is 4.25. The van der Waals surface area contributed by atoms with E-state index in [0.29, 0.717) is 31.2 Å². The van der Waals surface area contributed by atoms with E-state index < -0.39 is 5.82 Å². The van der Waals surface area contributed by atoms with E-state index in [1.54, 1.807) is 16.7 Å². The summed E-state index contributed by atoms with van der Waals surface area (Å²) in [6, 6.07) is 6.13. The van der Waals surface area contributed by atoms with Gasteiger partial charge in [-0.1, -0.05) is 34.8 Å². The van der Waals surface area contributed by atoms with E-state index in [9.17, 15) is 4.39 Å². The molecule has 21 heavy (non-hydrogen) atoms. The second kappa shape index (κ2) is 5.32. The molecule has 2 N–H and O–H groups in total. The first kappa shape index (κ1) is 14.9. The van der Waals surface area contributed by atoms with E-state index in [4.69, 9.17) is 40.5 Å². The first-order chi connectivity index (χ1) is 9.90. The summed E-state index contributed by atoms with van der Waals surface area (Å²) in [5.74, 6) is -0.402. The van der Waals surface area contributed by atoms with Gasteiger partial charge in [-0.05, 0) is 34.1 Å². The Hall–Kier alpha value is -1.01. The number of hydrogen-bond donors (Lipinski definition) is 1. The lowest BCUT2D eigenvalue weighted by Gasteiger charge is -2.11. The Morgan fingerprint density at radius 1 is 1.14 bits per heavy atom. The molecule has 0 atom stereocenters. The molecule has 0 saturated carbocycles. The predicted molar refractivity (Wildman–Crippen MR) is 88.2 cm³/mol. The Morgan fingerprint density at radius 3 is 2.57 bits per heavy atom. The van der Waals surface area contributed by atoms with E-state index in [2.05, 4.69) is 20.9 Å². The minimum atomic E-state index is -0.561. The molecule has 1 heterocycles. The fourth-order valence-electron chi connectivity index (χ4n) is 2.03. The summed E-state index contributed by atoms with van der Waals surface area (Å²) in [6.07, 6.45) is 0. The average Bonchev–Trinajstić information content (AvgIpc) is 2.73. The van der Waals surface area contributed by atoms with Crippen LogP contribution in [0.1, 0.15) is 0 Å². The standard InChI is InChI=1S/C13H6BrCl3FN3/c14-5-1-2-9(12(17)11(5)16)21-10-3-6(15)7(18)4-8(10)20-13(21)19/h1-4H,(H2,19,20). The summed E-state index contributed by atoms with van der Waals surface area (Å²) in [5.41, 5.74) is 7.37. The summed E-state index contributed by atoms with van der Waals surface area (Å²) in [4.78, 5) is 4.11. The molecule has 2 aromatic carbocycles. The summed E-state index contributed by atoms with van der Waals surface area (Å²) >= 11 is 21.5. The molecular formula is C13H6BrCl3FN3. The van der Waals surface area contributed by atoms with Crippen LogP contribution in [0.25, 0.3) is 16.7 Å². The lowest BCUT2D eigenvalue weighted by atomic mass is 10.2. The minimum Gasteiger partial charge on any atom is -0.369 e. The monoisotopic (exact) mass is 407 g/mol. The van der Waals surface area contributed by atoms with Crippen LogP contribution in [0.3, 0.4) is 0 Å². The van der Waals surface area contributed by atoms with Gasteiger partial charge in [0.25, 0.3) is 0 Å². The molecule has 0 aliphatic heterocycles. The van der Waals surface area contributed by atoms with Gasteiger partial charge < -0.3 is 5.73 Å². The third-order valence-electron chi connectivity index (χ3n) is 2.98. The van der Waals surface area contributed by atoms with Crippen molar-refractivity contribution in [2.75, 3.05) is 5.73 Å². The summed E-state index contributed by atoms with van der Waals surface area (Å²) in [5, 5.41) is 0.629. The highest BCUT2D eigenvalue weighted by Gasteiger charge is 2.17. The predicted octanol–water partition coefficient (Wildman–Crippen LogP) is 5.47. The van der Waals surface area contributed by atoms with Crippen LogP contribution in [0, 0.1) is 5.82 Å². The smallest absolute Gasteiger partial charge is 0.205 e. The normalized spacial score (nSPS) is 11.3. The molecule has 0 spiro atoms. The molecule has 0 aliphatic rings. The van der Waals surface area contributed by atoms with Crippen molar-refractivity contribution in [2.24, 2.45) is 0 Å². The number of benzene rings is 2. The van der Waals surface area contributed by atoms with Gasteiger partial charge in [0, 0.05) is 10.5 Å². The maximum absolute atomic E-state index is 13.5. The summed E-state index contributed by atoms with van der Waals surface area (Å²) < 4.78 is 15.7. The van der Waals surface area contributed by atoms with Gasteiger partial charge in [-0.3, -0.25) is 4.57 Å². The number of nitrogens with zero attached hydrogens (tertiary/aromatic N) is 2. The van der Waals surface area contributed by atoms with Gasteiger partial charge in [-0.2, -0.15) is 0 Å². The average molecular weight is 409 g/mol. The van der Waals surface area contributed by atoms with Crippen LogP contribution in [-0.2, 0) is 0 Å². The molecule has 0 aliphatic carbocycles. The van der Waals surface area contributed by atoms with Crippen molar-refractivity contribution in [3.8, 4) is 5.69 Å². The first-order valence-corrected chi connectivity index (χ1v) is 7.59. The Bertz CT molecular complexity index is 879. The molecule has 0 bridgehead atoms. The highest BCUT2D eigenvalue weighted by Crippen LogP contribution is 2.37. The third-order valence-corrected chi connectivity index (χ3v) is 5.03. The number of anilines is 1. The molecule has 1 aromatic heterocycles. The van der Waals surface area contributed by atoms with Crippen molar-refractivity contribution in [2.45, 2.75) is 0 Å². The Kier molecular flexibility index (Phi) is 3.78. The molecule has 108 valence electrons. The van der Waals surface area contributed by atoms with E-state index >= 15 is 0 Å². The zero-order chi connectivity index (χ0) is 15.3. The van der Waals surface area contributed by atoms with Gasteiger partial charge >= 0.3 is 0 Å². The van der Waals surface area contributed by atoms with Crippen LogP contribution in [0.4, 0.5) is 10.3 Å². The van der Waals surface area contributed by atoms with E-state index in [0.717, 1.165) is 0 Å². The van der Waals surface area contributed by atoms with E-state index in [1.807, 2.05) is 0 Å². The minimum absolute atomic E-state index is 0.0250. The molecule has 0 amide bonds. The van der Waals surface area contributed by atoms with Gasteiger partial charge in [-0.15, -0.1) is 0 Å². The van der Waals surface area contributed by atoms with E-state index in [-0.39, 0.29) is 11.0 Å². The number of imidazole rings is 1. The first-order valence-electron chi connectivity index (χ1n) is 5.67. The van der Waals surface area contributed by atoms with Crippen molar-refractivity contribution in [1.29, 1.82) is 0 Å². The summed E-state index contributed by atoms with van der Waals surface area (Å²) in [7, 11) is 0. The molecule has 0 unspecified atom stereocenters. The fraction of sp³-hybridized carbons (Fsp3) is 0. The van der Waals surface area contributed by atoms with Crippen LogP contribution in [-0.4, -0.2) is 9.55 Å². The van der Waals surface area contributed by atoms with Crippen LogP contribution in [0.15, 0.2) is 28.7 Å². The molecule has 0 saturated heterocycles. The summed E-state index contributed by atoms with van der Waals surface area (Å²) in [6.45, 7) is 0. The van der Waals surface area contributed by atoms with Crippen molar-refractivity contribution in [3.05, 3.63) is 49.6 Å². The number of aromatic nitrogens is 2. The molecule has 3 rings (SSSR count). The maximum Gasteiger partial charge on any atom is 0.205 e. The Labute approximate surface area is 142 Å². The number of halogens is 5.